The Bertz CT molecular complexity index is 2750. The summed E-state index contributed by atoms with van der Waals surface area (Å²) >= 11 is 0. The van der Waals surface area contributed by atoms with Gasteiger partial charge < -0.3 is 4.57 Å². The lowest BCUT2D eigenvalue weighted by Crippen LogP contribution is -2.06. The average molecular weight is 650 g/mol. The van der Waals surface area contributed by atoms with Crippen molar-refractivity contribution in [3.63, 3.8) is 0 Å². The Labute approximate surface area is 285 Å². The molecule has 0 saturated heterocycles. The molecule has 1 N–H and O–H groups in total. The highest BCUT2D eigenvalue weighted by Gasteiger charge is 2.23. The van der Waals surface area contributed by atoms with Gasteiger partial charge in [-0.2, -0.15) is 0 Å². The third-order valence-corrected chi connectivity index (χ3v) is 9.92. The van der Waals surface area contributed by atoms with Crippen LogP contribution in [0.15, 0.2) is 133 Å². The van der Waals surface area contributed by atoms with Crippen LogP contribution in [0.25, 0.3) is 77.8 Å². The largest absolute Gasteiger partial charge is 0.307 e. The van der Waals surface area contributed by atoms with Crippen molar-refractivity contribution in [3.05, 3.63) is 150 Å². The molecule has 3 heterocycles. The first-order valence-corrected chi connectivity index (χ1v) is 17.3. The smallest absolute Gasteiger partial charge is 0.235 e. The summed E-state index contributed by atoms with van der Waals surface area (Å²) in [7, 11) is 0.477. The molecule has 0 spiro atoms. The van der Waals surface area contributed by atoms with Gasteiger partial charge >= 0.3 is 0 Å². The molecule has 9 rings (SSSR count). The third kappa shape index (κ3) is 4.77. The Morgan fingerprint density at radius 3 is 1.61 bits per heavy atom. The highest BCUT2D eigenvalue weighted by molar-refractivity contribution is 7.35. The van der Waals surface area contributed by atoms with Gasteiger partial charge in [0.15, 0.2) is 0 Å². The summed E-state index contributed by atoms with van der Waals surface area (Å²) in [4.78, 5) is 10.8. The normalized spacial score (nSPS) is 11.8. The maximum atomic E-state index is 8.11. The minimum Gasteiger partial charge on any atom is -0.307 e. The molecule has 0 aliphatic rings. The second-order valence-electron chi connectivity index (χ2n) is 12.9. The number of rotatable bonds is 5. The first kappa shape index (κ1) is 29.3. The highest BCUT2D eigenvalue weighted by atomic mass is 31.1. The minimum atomic E-state index is 0.477. The number of fused-ring (bicyclic) bond motifs is 7. The second kappa shape index (κ2) is 11.4. The molecular formula is C43H32N5P. The van der Waals surface area contributed by atoms with Crippen molar-refractivity contribution in [2.75, 3.05) is 0 Å². The van der Waals surface area contributed by atoms with E-state index in [1.165, 1.54) is 21.9 Å². The summed E-state index contributed by atoms with van der Waals surface area (Å²) in [5, 5.41) is 13.7. The van der Waals surface area contributed by atoms with Crippen LogP contribution in [0.2, 0.25) is 0 Å². The van der Waals surface area contributed by atoms with Crippen LogP contribution in [0, 0.1) is 25.9 Å². The molecule has 0 fully saturated rings. The van der Waals surface area contributed by atoms with Crippen molar-refractivity contribution in [1.82, 2.24) is 19.1 Å². The lowest BCUT2D eigenvalue weighted by molar-refractivity contribution is 0.994. The van der Waals surface area contributed by atoms with Gasteiger partial charge in [-0.05, 0) is 87.0 Å². The molecule has 0 amide bonds. The molecule has 0 atom stereocenters. The van der Waals surface area contributed by atoms with Crippen LogP contribution in [-0.4, -0.2) is 19.1 Å². The fourth-order valence-corrected chi connectivity index (χ4v) is 7.95. The van der Waals surface area contributed by atoms with E-state index < -0.39 is 0 Å². The summed E-state index contributed by atoms with van der Waals surface area (Å²) in [6.07, 6.45) is 0. The van der Waals surface area contributed by atoms with E-state index in [4.69, 9.17) is 15.1 Å². The number of hydrogen-bond donors (Lipinski definition) is 1. The van der Waals surface area contributed by atoms with Crippen molar-refractivity contribution in [2.24, 2.45) is 0 Å². The summed E-state index contributed by atoms with van der Waals surface area (Å²) < 4.78 is 4.65. The van der Waals surface area contributed by atoms with Gasteiger partial charge in [0.2, 0.25) is 5.95 Å². The zero-order valence-corrected chi connectivity index (χ0v) is 28.3. The first-order chi connectivity index (χ1) is 24.0. The van der Waals surface area contributed by atoms with Crippen LogP contribution >= 0.6 is 8.37 Å². The van der Waals surface area contributed by atoms with Gasteiger partial charge in [-0.15, -0.1) is 0 Å². The number of benzene rings is 6. The zero-order valence-electron chi connectivity index (χ0n) is 27.4. The van der Waals surface area contributed by atoms with Crippen LogP contribution in [0.3, 0.4) is 0 Å². The lowest BCUT2D eigenvalue weighted by Gasteiger charge is -2.14. The molecule has 0 unspecified atom stereocenters. The number of aromatic nitrogens is 4. The standard InChI is InChI=1S/C43H32N5P/c1-26-19-27(2)21-29(20-26)37-25-38(30-22-28(3)23-32(24-30)49-44)46-43(45-37)48-40-16-10-8-14-34(40)36-18-17-35-33-13-7-9-15-39(33)47(41(35)42(36)48)31-11-5-4-6-12-31/h4-25,44H,1-3H3. The van der Waals surface area contributed by atoms with E-state index >= 15 is 0 Å². The van der Waals surface area contributed by atoms with E-state index in [0.717, 1.165) is 71.9 Å². The molecule has 3 aromatic heterocycles. The average Bonchev–Trinajstić information content (AvgIpc) is 3.64. The fraction of sp³-hybridized carbons (Fsp3) is 0.0698. The number of nitrogens with one attached hydrogen (secondary N) is 1. The van der Waals surface area contributed by atoms with Crippen molar-refractivity contribution >= 4 is 57.3 Å². The van der Waals surface area contributed by atoms with Gasteiger partial charge in [-0.25, -0.2) is 9.97 Å². The molecule has 0 saturated carbocycles. The van der Waals surface area contributed by atoms with E-state index in [1.54, 1.807) is 0 Å². The molecular weight excluding hydrogens is 617 g/mol. The van der Waals surface area contributed by atoms with Crippen LogP contribution < -0.4 is 5.30 Å². The predicted octanol–water partition coefficient (Wildman–Crippen LogP) is 11.3. The quantitative estimate of drug-likeness (QED) is 0.189. The van der Waals surface area contributed by atoms with E-state index in [-0.39, 0.29) is 0 Å². The van der Waals surface area contributed by atoms with Gasteiger partial charge in [0.05, 0.1) is 33.5 Å². The number of nitrogens with zero attached hydrogens (tertiary/aromatic N) is 4. The van der Waals surface area contributed by atoms with Crippen molar-refractivity contribution < 1.29 is 0 Å². The van der Waals surface area contributed by atoms with Crippen LogP contribution in [0.1, 0.15) is 16.7 Å². The van der Waals surface area contributed by atoms with Crippen molar-refractivity contribution in [2.45, 2.75) is 20.8 Å². The maximum absolute atomic E-state index is 8.11. The minimum absolute atomic E-state index is 0.477. The molecule has 0 aliphatic carbocycles. The van der Waals surface area contributed by atoms with Gasteiger partial charge in [0.25, 0.3) is 0 Å². The Hall–Kier alpha value is -5.90. The Balaban J connectivity index is 1.46. The van der Waals surface area contributed by atoms with E-state index in [1.807, 2.05) is 0 Å². The molecule has 0 bridgehead atoms. The van der Waals surface area contributed by atoms with Gasteiger partial charge in [-0.1, -0.05) is 83.9 Å². The summed E-state index contributed by atoms with van der Waals surface area (Å²) in [5.41, 5.74) is 12.7. The second-order valence-corrected chi connectivity index (χ2v) is 13.6. The van der Waals surface area contributed by atoms with Gasteiger partial charge in [-0.3, -0.25) is 9.73 Å². The zero-order chi connectivity index (χ0) is 33.2. The van der Waals surface area contributed by atoms with Crippen LogP contribution in [-0.2, 0) is 0 Å². The Kier molecular flexibility index (Phi) is 6.79. The van der Waals surface area contributed by atoms with Gasteiger partial charge in [0, 0.05) is 52.0 Å². The molecule has 49 heavy (non-hydrogen) atoms. The predicted molar refractivity (Wildman–Crippen MR) is 205 cm³/mol. The Morgan fingerprint density at radius 2 is 1.00 bits per heavy atom. The molecule has 0 radical (unpaired) electrons. The molecule has 6 aromatic carbocycles. The number of para-hydroxylation sites is 3. The van der Waals surface area contributed by atoms with E-state index in [0.29, 0.717) is 14.3 Å². The van der Waals surface area contributed by atoms with Crippen molar-refractivity contribution in [1.29, 1.82) is 5.16 Å². The van der Waals surface area contributed by atoms with Crippen molar-refractivity contribution in [3.8, 4) is 34.2 Å². The highest BCUT2D eigenvalue weighted by Crippen LogP contribution is 2.41. The topological polar surface area (TPSA) is 59.5 Å². The Morgan fingerprint density at radius 1 is 0.490 bits per heavy atom. The summed E-state index contributed by atoms with van der Waals surface area (Å²) in [5.74, 6) is 0.613. The fourth-order valence-electron chi connectivity index (χ4n) is 7.48. The lowest BCUT2D eigenvalue weighted by atomic mass is 10.0. The van der Waals surface area contributed by atoms with Crippen LogP contribution in [0.4, 0.5) is 0 Å². The number of aryl methyl sites for hydroxylation is 3. The van der Waals surface area contributed by atoms with Gasteiger partial charge in [0.1, 0.15) is 0 Å². The maximum Gasteiger partial charge on any atom is 0.235 e. The molecule has 6 heteroatoms. The monoisotopic (exact) mass is 649 g/mol. The van der Waals surface area contributed by atoms with Crippen LogP contribution in [0.5, 0.6) is 0 Å². The van der Waals surface area contributed by atoms with E-state index in [2.05, 4.69) is 163 Å². The third-order valence-electron chi connectivity index (χ3n) is 9.40. The summed E-state index contributed by atoms with van der Waals surface area (Å²) in [6, 6.07) is 47.3. The first-order valence-electron chi connectivity index (χ1n) is 16.5. The molecule has 234 valence electrons. The SMILES string of the molecule is Cc1cc(C)cc(-c2cc(-c3cc(C)cc(P=N)c3)nc(-n3c4ccccc4c4ccc5c6ccccc6n(-c6ccccc6)c5c43)n2)c1. The number of hydrogen-bond acceptors (Lipinski definition) is 3. The summed E-state index contributed by atoms with van der Waals surface area (Å²) in [6.45, 7) is 6.34. The molecule has 0 aliphatic heterocycles. The molecule has 5 nitrogen and oxygen atoms in total. The van der Waals surface area contributed by atoms with E-state index in [9.17, 15) is 0 Å². The molecule has 9 aromatic rings.